The van der Waals surface area contributed by atoms with Crippen LogP contribution in [0.25, 0.3) is 5.82 Å². The fourth-order valence-corrected chi connectivity index (χ4v) is 3.67. The zero-order valence-electron chi connectivity index (χ0n) is 17.7. The van der Waals surface area contributed by atoms with E-state index in [-0.39, 0.29) is 24.0 Å². The van der Waals surface area contributed by atoms with Crippen LogP contribution in [0, 0.1) is 0 Å². The third-order valence-corrected chi connectivity index (χ3v) is 5.22. The van der Waals surface area contributed by atoms with Crippen LogP contribution in [-0.2, 0) is 6.54 Å². The topological polar surface area (TPSA) is 79.6 Å². The monoisotopic (exact) mass is 533 g/mol. The van der Waals surface area contributed by atoms with Gasteiger partial charge in [0.25, 0.3) is 0 Å². The van der Waals surface area contributed by atoms with Crippen molar-refractivity contribution in [2.24, 2.45) is 4.99 Å². The third-order valence-electron chi connectivity index (χ3n) is 5.22. The lowest BCUT2D eigenvalue weighted by molar-refractivity contribution is 0.415. The molecular formula is C22H28IN7O. The smallest absolute Gasteiger partial charge is 0.191 e. The summed E-state index contributed by atoms with van der Waals surface area (Å²) in [5.41, 5.74) is 2.26. The Morgan fingerprint density at radius 2 is 2.13 bits per heavy atom. The van der Waals surface area contributed by atoms with Gasteiger partial charge < -0.3 is 20.3 Å². The van der Waals surface area contributed by atoms with Gasteiger partial charge in [0.05, 0.1) is 12.8 Å². The Labute approximate surface area is 199 Å². The third kappa shape index (κ3) is 5.66. The Kier molecular flexibility index (Phi) is 8.10. The zero-order chi connectivity index (χ0) is 20.8. The molecule has 1 fully saturated rings. The van der Waals surface area contributed by atoms with Gasteiger partial charge in [-0.3, -0.25) is 9.56 Å². The van der Waals surface area contributed by atoms with Crippen molar-refractivity contribution in [1.29, 1.82) is 0 Å². The molecule has 0 spiro atoms. The first kappa shape index (κ1) is 22.9. The average molecular weight is 533 g/mol. The van der Waals surface area contributed by atoms with Gasteiger partial charge in [0, 0.05) is 51.3 Å². The largest absolute Gasteiger partial charge is 0.495 e. The van der Waals surface area contributed by atoms with E-state index >= 15 is 0 Å². The maximum atomic E-state index is 5.51. The van der Waals surface area contributed by atoms with Gasteiger partial charge in [-0.15, -0.1) is 24.0 Å². The van der Waals surface area contributed by atoms with Crippen molar-refractivity contribution in [2.75, 3.05) is 32.1 Å². The van der Waals surface area contributed by atoms with E-state index in [2.05, 4.69) is 36.6 Å². The Morgan fingerprint density at radius 1 is 1.26 bits per heavy atom. The van der Waals surface area contributed by atoms with Crippen molar-refractivity contribution >= 4 is 35.6 Å². The lowest BCUT2D eigenvalue weighted by Gasteiger charge is -2.22. The van der Waals surface area contributed by atoms with E-state index in [1.165, 1.54) is 0 Å². The number of nitrogens with zero attached hydrogens (tertiary/aromatic N) is 5. The molecule has 1 saturated heterocycles. The maximum Gasteiger partial charge on any atom is 0.191 e. The van der Waals surface area contributed by atoms with Crippen molar-refractivity contribution in [3.63, 3.8) is 0 Å². The van der Waals surface area contributed by atoms with Gasteiger partial charge in [-0.25, -0.2) is 9.97 Å². The van der Waals surface area contributed by atoms with Crippen molar-refractivity contribution in [3.8, 4) is 11.6 Å². The second kappa shape index (κ2) is 11.0. The molecule has 0 bridgehead atoms. The second-order valence-electron chi connectivity index (χ2n) is 7.17. The fraction of sp³-hybridized carbons (Fsp3) is 0.318. The van der Waals surface area contributed by atoms with E-state index < -0.39 is 0 Å². The SMILES string of the molecule is CN=C(NCc1ccnc(-n2ccnc2)c1)NC1CCN(c2ccccc2OC)C1.I. The summed E-state index contributed by atoms with van der Waals surface area (Å²) in [6, 6.07) is 12.5. The van der Waals surface area contributed by atoms with Gasteiger partial charge in [0.15, 0.2) is 5.96 Å². The molecule has 0 amide bonds. The highest BCUT2D eigenvalue weighted by Crippen LogP contribution is 2.30. The number of aliphatic imine (C=N–C) groups is 1. The average Bonchev–Trinajstić information content (AvgIpc) is 3.49. The first-order chi connectivity index (χ1) is 14.8. The van der Waals surface area contributed by atoms with Crippen LogP contribution in [0.2, 0.25) is 0 Å². The van der Waals surface area contributed by atoms with Gasteiger partial charge in [-0.2, -0.15) is 0 Å². The summed E-state index contributed by atoms with van der Waals surface area (Å²) in [5.74, 6) is 2.55. The predicted octanol–water partition coefficient (Wildman–Crippen LogP) is 2.84. The van der Waals surface area contributed by atoms with Crippen LogP contribution in [0.4, 0.5) is 5.69 Å². The van der Waals surface area contributed by atoms with Crippen LogP contribution in [0.5, 0.6) is 5.75 Å². The quantitative estimate of drug-likeness (QED) is 0.288. The van der Waals surface area contributed by atoms with Gasteiger partial charge in [0.2, 0.25) is 0 Å². The van der Waals surface area contributed by atoms with Crippen molar-refractivity contribution in [1.82, 2.24) is 25.2 Å². The summed E-state index contributed by atoms with van der Waals surface area (Å²) < 4.78 is 7.40. The fourth-order valence-electron chi connectivity index (χ4n) is 3.67. The molecule has 3 heterocycles. The first-order valence-corrected chi connectivity index (χ1v) is 10.0. The summed E-state index contributed by atoms with van der Waals surface area (Å²) in [5, 5.41) is 6.95. The van der Waals surface area contributed by atoms with Crippen molar-refractivity contribution < 1.29 is 4.74 Å². The molecule has 1 unspecified atom stereocenters. The van der Waals surface area contributed by atoms with Crippen molar-refractivity contribution in [2.45, 2.75) is 19.0 Å². The van der Waals surface area contributed by atoms with Crippen LogP contribution in [0.15, 0.2) is 66.3 Å². The van der Waals surface area contributed by atoms with Gasteiger partial charge >= 0.3 is 0 Å². The number of ether oxygens (including phenoxy) is 1. The van der Waals surface area contributed by atoms with Crippen LogP contribution < -0.4 is 20.3 Å². The van der Waals surface area contributed by atoms with E-state index in [1.807, 2.05) is 47.3 Å². The normalized spacial score (nSPS) is 16.0. The summed E-state index contributed by atoms with van der Waals surface area (Å²) in [7, 11) is 3.51. The predicted molar refractivity (Wildman–Crippen MR) is 134 cm³/mol. The number of nitrogens with one attached hydrogen (secondary N) is 2. The van der Waals surface area contributed by atoms with E-state index in [4.69, 9.17) is 4.74 Å². The summed E-state index contributed by atoms with van der Waals surface area (Å²) in [4.78, 5) is 15.2. The molecule has 8 nitrogen and oxygen atoms in total. The number of guanidine groups is 1. The number of aromatic nitrogens is 3. The number of rotatable bonds is 6. The first-order valence-electron chi connectivity index (χ1n) is 10.0. The number of methoxy groups -OCH3 is 1. The molecule has 1 aliphatic heterocycles. The molecule has 2 aromatic heterocycles. The highest BCUT2D eigenvalue weighted by Gasteiger charge is 2.25. The molecule has 2 N–H and O–H groups in total. The highest BCUT2D eigenvalue weighted by molar-refractivity contribution is 14.0. The van der Waals surface area contributed by atoms with Crippen LogP contribution in [0.1, 0.15) is 12.0 Å². The second-order valence-corrected chi connectivity index (χ2v) is 7.17. The molecule has 9 heteroatoms. The number of hydrogen-bond acceptors (Lipinski definition) is 5. The van der Waals surface area contributed by atoms with E-state index in [0.29, 0.717) is 12.6 Å². The van der Waals surface area contributed by atoms with Crippen LogP contribution in [-0.4, -0.2) is 53.8 Å². The van der Waals surface area contributed by atoms with E-state index in [9.17, 15) is 0 Å². The molecular weight excluding hydrogens is 505 g/mol. The highest BCUT2D eigenvalue weighted by atomic mass is 127. The van der Waals surface area contributed by atoms with E-state index in [1.54, 1.807) is 26.7 Å². The Bertz CT molecular complexity index is 993. The minimum Gasteiger partial charge on any atom is -0.495 e. The lowest BCUT2D eigenvalue weighted by atomic mass is 10.2. The number of para-hydroxylation sites is 2. The Morgan fingerprint density at radius 3 is 2.90 bits per heavy atom. The number of hydrogen-bond donors (Lipinski definition) is 2. The van der Waals surface area contributed by atoms with Gasteiger partial charge in [-0.1, -0.05) is 12.1 Å². The number of anilines is 1. The molecule has 4 rings (SSSR count). The molecule has 0 saturated carbocycles. The molecule has 1 aliphatic rings. The van der Waals surface area contributed by atoms with Crippen LogP contribution in [0.3, 0.4) is 0 Å². The summed E-state index contributed by atoms with van der Waals surface area (Å²) >= 11 is 0. The van der Waals surface area contributed by atoms with Crippen LogP contribution >= 0.6 is 24.0 Å². The summed E-state index contributed by atoms with van der Waals surface area (Å²) in [6.45, 7) is 2.54. The molecule has 1 aromatic carbocycles. The molecule has 164 valence electrons. The number of pyridine rings is 1. The minimum atomic E-state index is 0. The van der Waals surface area contributed by atoms with Gasteiger partial charge in [0.1, 0.15) is 17.9 Å². The molecule has 3 aromatic rings. The maximum absolute atomic E-state index is 5.51. The Balaban J connectivity index is 0.00000272. The molecule has 0 aliphatic carbocycles. The van der Waals surface area contributed by atoms with Gasteiger partial charge in [-0.05, 0) is 36.2 Å². The Hall–Kier alpha value is -2.82. The molecule has 0 radical (unpaired) electrons. The number of halogens is 1. The minimum absolute atomic E-state index is 0. The zero-order valence-corrected chi connectivity index (χ0v) is 20.1. The lowest BCUT2D eigenvalue weighted by Crippen LogP contribution is -2.44. The standard InChI is InChI=1S/C22H27N7O.HI/c1-23-22(26-14-17-7-9-25-21(13-17)29-12-10-24-16-29)27-18-8-11-28(15-18)19-5-3-4-6-20(19)30-2;/h3-7,9-10,12-13,16,18H,8,11,14-15H2,1-2H3,(H2,23,26,27);1H. The molecule has 1 atom stereocenters. The molecule has 31 heavy (non-hydrogen) atoms. The number of benzene rings is 1. The number of imidazole rings is 1. The van der Waals surface area contributed by atoms with E-state index in [0.717, 1.165) is 48.3 Å². The van der Waals surface area contributed by atoms with Crippen molar-refractivity contribution in [3.05, 3.63) is 66.9 Å². The summed E-state index contributed by atoms with van der Waals surface area (Å²) in [6.07, 6.45) is 8.22.